The molecule has 1 aliphatic carbocycles. The van der Waals surface area contributed by atoms with Crippen LogP contribution in [0.2, 0.25) is 0 Å². The molecule has 2 rings (SSSR count). The fraction of sp³-hybridized carbons (Fsp3) is 0.714. The molecule has 1 aliphatic rings. The van der Waals surface area contributed by atoms with E-state index in [1.54, 1.807) is 11.1 Å². The van der Waals surface area contributed by atoms with E-state index in [9.17, 15) is 9.90 Å². The Hall–Kier alpha value is -1.52. The van der Waals surface area contributed by atoms with Gasteiger partial charge in [-0.2, -0.15) is 0 Å². The minimum Gasteiger partial charge on any atom is -0.465 e. The third-order valence-electron chi connectivity index (χ3n) is 3.69. The van der Waals surface area contributed by atoms with E-state index in [0.717, 1.165) is 30.9 Å². The van der Waals surface area contributed by atoms with Gasteiger partial charge < -0.3 is 14.4 Å². The van der Waals surface area contributed by atoms with Crippen LogP contribution >= 0.6 is 0 Å². The first-order valence-electron chi connectivity index (χ1n) is 6.73. The van der Waals surface area contributed by atoms with E-state index in [1.807, 2.05) is 27.7 Å². The smallest absolute Gasteiger partial charge is 0.407 e. The molecule has 1 heterocycles. The molecular weight excluding hydrogens is 244 g/mol. The number of amides is 1. The first-order chi connectivity index (χ1) is 8.79. The first kappa shape index (κ1) is 13.9. The summed E-state index contributed by atoms with van der Waals surface area (Å²) in [6.07, 6.45) is 3.48. The molecule has 1 aromatic heterocycles. The van der Waals surface area contributed by atoms with Crippen molar-refractivity contribution >= 4 is 6.09 Å². The number of carboxylic acid groups (broad SMARTS) is 1. The van der Waals surface area contributed by atoms with Crippen molar-refractivity contribution in [3.8, 4) is 0 Å². The minimum atomic E-state index is -0.846. The van der Waals surface area contributed by atoms with Crippen molar-refractivity contribution in [1.29, 1.82) is 0 Å². The lowest BCUT2D eigenvalue weighted by molar-refractivity contribution is 0.0713. The van der Waals surface area contributed by atoms with Gasteiger partial charge in [-0.25, -0.2) is 9.78 Å². The summed E-state index contributed by atoms with van der Waals surface area (Å²) in [6.45, 7) is 7.68. The summed E-state index contributed by atoms with van der Waals surface area (Å²) < 4.78 is 5.56. The topological polar surface area (TPSA) is 66.6 Å². The van der Waals surface area contributed by atoms with Crippen LogP contribution in [0.5, 0.6) is 0 Å². The SMILES string of the molecule is Cc1cnc([C@H]2CC[C@@H](N(C(=O)O)C(C)(C)C)C2)o1. The summed E-state index contributed by atoms with van der Waals surface area (Å²) in [7, 11) is 0. The minimum absolute atomic E-state index is 0.0507. The molecule has 0 bridgehead atoms. The Labute approximate surface area is 113 Å². The van der Waals surface area contributed by atoms with Gasteiger partial charge in [0, 0.05) is 17.5 Å². The van der Waals surface area contributed by atoms with Crippen LogP contribution in [-0.4, -0.2) is 32.7 Å². The fourth-order valence-corrected chi connectivity index (χ4v) is 2.97. The van der Waals surface area contributed by atoms with Gasteiger partial charge in [0.1, 0.15) is 5.76 Å². The average molecular weight is 266 g/mol. The van der Waals surface area contributed by atoms with Crippen LogP contribution in [0.1, 0.15) is 57.6 Å². The van der Waals surface area contributed by atoms with E-state index in [0.29, 0.717) is 0 Å². The second-order valence-electron chi connectivity index (χ2n) is 6.30. The molecule has 0 unspecified atom stereocenters. The average Bonchev–Trinajstić information content (AvgIpc) is 2.84. The number of hydrogen-bond acceptors (Lipinski definition) is 3. The fourth-order valence-electron chi connectivity index (χ4n) is 2.97. The second-order valence-corrected chi connectivity index (χ2v) is 6.30. The van der Waals surface area contributed by atoms with Crippen LogP contribution in [0.3, 0.4) is 0 Å². The molecule has 0 saturated heterocycles. The molecule has 1 N–H and O–H groups in total. The highest BCUT2D eigenvalue weighted by Gasteiger charge is 2.39. The number of aromatic nitrogens is 1. The number of carbonyl (C=O) groups is 1. The second kappa shape index (κ2) is 4.87. The number of hydrogen-bond donors (Lipinski definition) is 1. The van der Waals surface area contributed by atoms with Crippen molar-refractivity contribution in [3.63, 3.8) is 0 Å². The molecule has 0 aliphatic heterocycles. The van der Waals surface area contributed by atoms with Gasteiger partial charge in [0.25, 0.3) is 0 Å². The van der Waals surface area contributed by atoms with E-state index in [-0.39, 0.29) is 17.5 Å². The van der Waals surface area contributed by atoms with Crippen LogP contribution < -0.4 is 0 Å². The van der Waals surface area contributed by atoms with Crippen molar-refractivity contribution < 1.29 is 14.3 Å². The molecule has 1 amide bonds. The van der Waals surface area contributed by atoms with Crippen molar-refractivity contribution in [2.45, 2.75) is 64.5 Å². The zero-order valence-corrected chi connectivity index (χ0v) is 12.0. The maximum absolute atomic E-state index is 11.5. The molecule has 19 heavy (non-hydrogen) atoms. The van der Waals surface area contributed by atoms with Gasteiger partial charge in [-0.1, -0.05) is 0 Å². The van der Waals surface area contributed by atoms with E-state index in [2.05, 4.69) is 4.98 Å². The summed E-state index contributed by atoms with van der Waals surface area (Å²) in [4.78, 5) is 17.3. The van der Waals surface area contributed by atoms with Crippen molar-refractivity contribution in [2.24, 2.45) is 0 Å². The van der Waals surface area contributed by atoms with Gasteiger partial charge in [-0.05, 0) is 47.0 Å². The lowest BCUT2D eigenvalue weighted by Gasteiger charge is -2.38. The molecular formula is C14H22N2O3. The summed E-state index contributed by atoms with van der Waals surface area (Å²) in [5, 5.41) is 9.42. The van der Waals surface area contributed by atoms with Crippen LogP contribution in [0, 0.1) is 6.92 Å². The highest BCUT2D eigenvalue weighted by atomic mass is 16.4. The van der Waals surface area contributed by atoms with Crippen LogP contribution in [0.4, 0.5) is 4.79 Å². The number of nitrogens with zero attached hydrogens (tertiary/aromatic N) is 2. The predicted molar refractivity (Wildman–Crippen MR) is 71.2 cm³/mol. The quantitative estimate of drug-likeness (QED) is 0.890. The largest absolute Gasteiger partial charge is 0.465 e. The summed E-state index contributed by atoms with van der Waals surface area (Å²) >= 11 is 0. The molecule has 0 aromatic carbocycles. The lowest BCUT2D eigenvalue weighted by atomic mass is 10.0. The van der Waals surface area contributed by atoms with E-state index >= 15 is 0 Å². The number of aryl methyl sites for hydroxylation is 1. The zero-order valence-electron chi connectivity index (χ0n) is 12.0. The molecule has 1 fully saturated rings. The molecule has 1 saturated carbocycles. The number of rotatable bonds is 2. The van der Waals surface area contributed by atoms with Crippen molar-refractivity contribution in [2.75, 3.05) is 0 Å². The summed E-state index contributed by atoms with van der Waals surface area (Å²) in [6, 6.07) is 0.0507. The molecule has 0 radical (unpaired) electrons. The van der Waals surface area contributed by atoms with E-state index in [1.165, 1.54) is 0 Å². The third kappa shape index (κ3) is 2.91. The molecule has 1 aromatic rings. The number of oxazole rings is 1. The van der Waals surface area contributed by atoms with Crippen LogP contribution in [-0.2, 0) is 0 Å². The van der Waals surface area contributed by atoms with Gasteiger partial charge in [-0.15, -0.1) is 0 Å². The Morgan fingerprint density at radius 1 is 1.47 bits per heavy atom. The van der Waals surface area contributed by atoms with Crippen LogP contribution in [0.15, 0.2) is 10.6 Å². The third-order valence-corrected chi connectivity index (χ3v) is 3.69. The van der Waals surface area contributed by atoms with Crippen molar-refractivity contribution in [1.82, 2.24) is 9.88 Å². The highest BCUT2D eigenvalue weighted by molar-refractivity contribution is 5.66. The standard InChI is InChI=1S/C14H22N2O3/c1-9-8-15-12(19-9)10-5-6-11(7-10)16(13(17)18)14(2,3)4/h8,10-11H,5-7H2,1-4H3,(H,17,18)/t10-,11+/m0/s1. The van der Waals surface area contributed by atoms with Gasteiger partial charge in [0.2, 0.25) is 0 Å². The van der Waals surface area contributed by atoms with Gasteiger partial charge in [-0.3, -0.25) is 0 Å². The van der Waals surface area contributed by atoms with Crippen molar-refractivity contribution in [3.05, 3.63) is 17.8 Å². The Balaban J connectivity index is 2.10. The molecule has 5 nitrogen and oxygen atoms in total. The zero-order chi connectivity index (χ0) is 14.2. The monoisotopic (exact) mass is 266 g/mol. The molecule has 0 spiro atoms. The van der Waals surface area contributed by atoms with Gasteiger partial charge in [0.05, 0.1) is 6.20 Å². The molecule has 5 heteroatoms. The Morgan fingerprint density at radius 3 is 2.63 bits per heavy atom. The maximum Gasteiger partial charge on any atom is 0.407 e. The molecule has 106 valence electrons. The van der Waals surface area contributed by atoms with E-state index < -0.39 is 6.09 Å². The van der Waals surface area contributed by atoms with Crippen LogP contribution in [0.25, 0.3) is 0 Å². The van der Waals surface area contributed by atoms with Gasteiger partial charge >= 0.3 is 6.09 Å². The predicted octanol–water partition coefficient (Wildman–Crippen LogP) is 3.40. The lowest BCUT2D eigenvalue weighted by Crippen LogP contribution is -2.50. The first-order valence-corrected chi connectivity index (χ1v) is 6.73. The Bertz CT molecular complexity index is 462. The van der Waals surface area contributed by atoms with E-state index in [4.69, 9.17) is 4.42 Å². The normalized spacial score (nSPS) is 23.6. The highest BCUT2D eigenvalue weighted by Crippen LogP contribution is 2.38. The Kier molecular flexibility index (Phi) is 3.56. The molecule has 2 atom stereocenters. The Morgan fingerprint density at radius 2 is 2.16 bits per heavy atom. The summed E-state index contributed by atoms with van der Waals surface area (Å²) in [5.74, 6) is 1.80. The van der Waals surface area contributed by atoms with Gasteiger partial charge in [0.15, 0.2) is 5.89 Å². The summed E-state index contributed by atoms with van der Waals surface area (Å²) in [5.41, 5.74) is -0.377. The maximum atomic E-state index is 11.5.